The van der Waals surface area contributed by atoms with Crippen LogP contribution in [0.2, 0.25) is 0 Å². The van der Waals surface area contributed by atoms with Gasteiger partial charge in [-0.15, -0.1) is 0 Å². The van der Waals surface area contributed by atoms with Crippen LogP contribution >= 0.6 is 11.8 Å². The molecule has 2 atom stereocenters. The van der Waals surface area contributed by atoms with E-state index in [4.69, 9.17) is 9.72 Å². The predicted molar refractivity (Wildman–Crippen MR) is 118 cm³/mol. The largest absolute Gasteiger partial charge is 0.383 e. The summed E-state index contributed by atoms with van der Waals surface area (Å²) >= 11 is 1.31. The minimum absolute atomic E-state index is 0.0194. The molecule has 6 heteroatoms. The zero-order chi connectivity index (χ0) is 21.0. The molecule has 152 valence electrons. The second-order valence-corrected chi connectivity index (χ2v) is 8.37. The van der Waals surface area contributed by atoms with Crippen LogP contribution in [0.5, 0.6) is 0 Å². The van der Waals surface area contributed by atoms with Crippen LogP contribution in [0.1, 0.15) is 42.7 Å². The average molecular weight is 411 g/mol. The zero-order valence-corrected chi connectivity index (χ0v) is 18.0. The van der Waals surface area contributed by atoms with Crippen molar-refractivity contribution in [2.24, 2.45) is 0 Å². The number of ether oxygens (including phenoxy) is 1. The third-order valence-corrected chi connectivity index (χ3v) is 5.99. The van der Waals surface area contributed by atoms with E-state index in [-0.39, 0.29) is 22.6 Å². The minimum atomic E-state index is -0.378. The lowest BCUT2D eigenvalue weighted by Gasteiger charge is -2.20. The maximum atomic E-state index is 13.1. The molecule has 3 aromatic rings. The highest BCUT2D eigenvalue weighted by Gasteiger charge is 2.22. The second kappa shape index (κ2) is 9.37. The molecule has 0 amide bonds. The fourth-order valence-corrected chi connectivity index (χ4v) is 4.35. The van der Waals surface area contributed by atoms with Crippen molar-refractivity contribution < 1.29 is 9.53 Å². The monoisotopic (exact) mass is 410 g/mol. The summed E-state index contributed by atoms with van der Waals surface area (Å²) in [4.78, 5) is 30.8. The number of nitrogens with zero attached hydrogens (tertiary/aromatic N) is 2. The Balaban J connectivity index is 1.97. The van der Waals surface area contributed by atoms with Gasteiger partial charge in [0.05, 0.1) is 28.8 Å². The molecule has 0 aliphatic rings. The Labute approximate surface area is 175 Å². The number of methoxy groups -OCH3 is 1. The van der Waals surface area contributed by atoms with Crippen molar-refractivity contribution in [1.82, 2.24) is 9.55 Å². The van der Waals surface area contributed by atoms with Gasteiger partial charge in [0.2, 0.25) is 0 Å². The van der Waals surface area contributed by atoms with Crippen LogP contribution in [0.15, 0.2) is 58.5 Å². The van der Waals surface area contributed by atoms with E-state index in [0.29, 0.717) is 28.2 Å². The number of carbonyl (C=O) groups excluding carboxylic acids is 1. The van der Waals surface area contributed by atoms with Crippen LogP contribution in [0, 0.1) is 0 Å². The van der Waals surface area contributed by atoms with Gasteiger partial charge in [0.25, 0.3) is 5.56 Å². The molecule has 0 spiro atoms. The summed E-state index contributed by atoms with van der Waals surface area (Å²) in [5.74, 6) is 0.0194. The van der Waals surface area contributed by atoms with E-state index < -0.39 is 0 Å². The summed E-state index contributed by atoms with van der Waals surface area (Å²) in [6, 6.07) is 14.8. The van der Waals surface area contributed by atoms with Gasteiger partial charge in [0.15, 0.2) is 10.9 Å². The standard InChI is InChI=1S/C23H26N2O3S/c1-5-17-10-12-18(13-11-17)21(26)16(3)29-23-24-20-9-7-6-8-19(20)22(27)25(23)15(2)14-28-4/h6-13,15-16H,5,14H2,1-4H3/t15-,16-/m0/s1. The number of aryl methyl sites for hydroxylation is 1. The number of fused-ring (bicyclic) bond motifs is 1. The number of carbonyl (C=O) groups is 1. The highest BCUT2D eigenvalue weighted by molar-refractivity contribution is 8.00. The van der Waals surface area contributed by atoms with Gasteiger partial charge in [-0.3, -0.25) is 14.2 Å². The first kappa shape index (κ1) is 21.3. The molecular formula is C23H26N2O3S. The van der Waals surface area contributed by atoms with Crippen molar-refractivity contribution in [3.63, 3.8) is 0 Å². The van der Waals surface area contributed by atoms with E-state index in [1.165, 1.54) is 17.3 Å². The lowest BCUT2D eigenvalue weighted by Crippen LogP contribution is -2.29. The molecule has 0 unspecified atom stereocenters. The summed E-state index contributed by atoms with van der Waals surface area (Å²) in [6.07, 6.45) is 0.934. The van der Waals surface area contributed by atoms with Gasteiger partial charge in [0.1, 0.15) is 0 Å². The van der Waals surface area contributed by atoms with Gasteiger partial charge in [-0.05, 0) is 38.0 Å². The summed E-state index contributed by atoms with van der Waals surface area (Å²) in [5.41, 5.74) is 2.38. The lowest BCUT2D eigenvalue weighted by atomic mass is 10.1. The van der Waals surface area contributed by atoms with Gasteiger partial charge < -0.3 is 4.74 Å². The first-order valence-electron chi connectivity index (χ1n) is 9.76. The number of ketones is 1. The number of rotatable bonds is 8. The third kappa shape index (κ3) is 4.60. The van der Waals surface area contributed by atoms with Gasteiger partial charge in [-0.2, -0.15) is 0 Å². The molecule has 3 rings (SSSR count). The number of thioether (sulfide) groups is 1. The Kier molecular flexibility index (Phi) is 6.87. The molecule has 0 fully saturated rings. The number of aromatic nitrogens is 2. The van der Waals surface area contributed by atoms with Crippen molar-refractivity contribution >= 4 is 28.4 Å². The van der Waals surface area contributed by atoms with Crippen molar-refractivity contribution in [2.45, 2.75) is 43.6 Å². The molecule has 29 heavy (non-hydrogen) atoms. The quantitative estimate of drug-likeness (QED) is 0.310. The summed E-state index contributed by atoms with van der Waals surface area (Å²) in [6.45, 7) is 6.24. The number of benzene rings is 2. The second-order valence-electron chi connectivity index (χ2n) is 7.07. The van der Waals surface area contributed by atoms with Crippen molar-refractivity contribution in [2.75, 3.05) is 13.7 Å². The lowest BCUT2D eigenvalue weighted by molar-refractivity contribution is 0.0993. The smallest absolute Gasteiger partial charge is 0.262 e. The molecule has 0 radical (unpaired) electrons. The Morgan fingerprint density at radius 3 is 2.48 bits per heavy atom. The van der Waals surface area contributed by atoms with Crippen LogP contribution in [0.25, 0.3) is 10.9 Å². The van der Waals surface area contributed by atoms with E-state index >= 15 is 0 Å². The van der Waals surface area contributed by atoms with E-state index in [2.05, 4.69) is 6.92 Å². The van der Waals surface area contributed by atoms with Crippen LogP contribution in [0.3, 0.4) is 0 Å². The SMILES string of the molecule is CCc1ccc(C(=O)[C@H](C)Sc2nc3ccccc3c(=O)n2[C@@H](C)COC)cc1. The van der Waals surface area contributed by atoms with Gasteiger partial charge in [-0.1, -0.05) is 55.1 Å². The molecule has 0 aliphatic heterocycles. The van der Waals surface area contributed by atoms with E-state index in [1.54, 1.807) is 17.7 Å². The molecule has 0 N–H and O–H groups in total. The Hall–Kier alpha value is -2.44. The maximum Gasteiger partial charge on any atom is 0.262 e. The summed E-state index contributed by atoms with van der Waals surface area (Å²) in [7, 11) is 1.61. The van der Waals surface area contributed by atoms with E-state index in [0.717, 1.165) is 6.42 Å². The summed E-state index contributed by atoms with van der Waals surface area (Å²) in [5, 5.41) is 0.717. The van der Waals surface area contributed by atoms with Crippen LogP contribution < -0.4 is 5.56 Å². The summed E-state index contributed by atoms with van der Waals surface area (Å²) < 4.78 is 6.90. The van der Waals surface area contributed by atoms with E-state index in [9.17, 15) is 9.59 Å². The van der Waals surface area contributed by atoms with Crippen LogP contribution in [0.4, 0.5) is 0 Å². The molecule has 0 saturated carbocycles. The molecule has 1 heterocycles. The fraction of sp³-hybridized carbons (Fsp3) is 0.348. The maximum absolute atomic E-state index is 13.1. The first-order valence-corrected chi connectivity index (χ1v) is 10.6. The van der Waals surface area contributed by atoms with Crippen molar-refractivity contribution in [3.8, 4) is 0 Å². The molecule has 2 aromatic carbocycles. The van der Waals surface area contributed by atoms with E-state index in [1.807, 2.05) is 56.3 Å². The topological polar surface area (TPSA) is 61.2 Å². The zero-order valence-electron chi connectivity index (χ0n) is 17.2. The minimum Gasteiger partial charge on any atom is -0.383 e. The molecule has 1 aromatic heterocycles. The molecular weight excluding hydrogens is 384 g/mol. The molecule has 0 bridgehead atoms. The van der Waals surface area contributed by atoms with Gasteiger partial charge in [-0.25, -0.2) is 4.98 Å². The normalized spacial score (nSPS) is 13.4. The number of para-hydroxylation sites is 1. The van der Waals surface area contributed by atoms with Crippen LogP contribution in [-0.4, -0.2) is 34.3 Å². The van der Waals surface area contributed by atoms with Gasteiger partial charge >= 0.3 is 0 Å². The molecule has 5 nitrogen and oxygen atoms in total. The molecule has 0 saturated heterocycles. The van der Waals surface area contributed by atoms with Crippen molar-refractivity contribution in [1.29, 1.82) is 0 Å². The fourth-order valence-electron chi connectivity index (χ4n) is 3.26. The number of hydrogen-bond donors (Lipinski definition) is 0. The number of Topliss-reactive ketones (excluding diaryl/α,β-unsaturated/α-hetero) is 1. The molecule has 0 aliphatic carbocycles. The highest BCUT2D eigenvalue weighted by atomic mass is 32.2. The van der Waals surface area contributed by atoms with Crippen molar-refractivity contribution in [3.05, 3.63) is 70.0 Å². The third-order valence-electron chi connectivity index (χ3n) is 4.92. The predicted octanol–water partition coefficient (Wildman–Crippen LogP) is 4.53. The first-order chi connectivity index (χ1) is 14.0. The Morgan fingerprint density at radius 2 is 1.83 bits per heavy atom. The Morgan fingerprint density at radius 1 is 1.14 bits per heavy atom. The van der Waals surface area contributed by atoms with Gasteiger partial charge in [0, 0.05) is 12.7 Å². The number of hydrogen-bond acceptors (Lipinski definition) is 5. The Bertz CT molecular complexity index is 1060. The highest BCUT2D eigenvalue weighted by Crippen LogP contribution is 2.27. The van der Waals surface area contributed by atoms with Crippen LogP contribution in [-0.2, 0) is 11.2 Å². The average Bonchev–Trinajstić information content (AvgIpc) is 2.73.